The van der Waals surface area contributed by atoms with E-state index >= 15 is 0 Å². The number of phosphoric ester groups is 1. The molecule has 0 aromatic rings. The van der Waals surface area contributed by atoms with E-state index in [4.69, 9.17) is 18.5 Å². The minimum Gasteiger partial charge on any atom is -0.457 e. The zero-order valence-corrected chi connectivity index (χ0v) is 34.4. The van der Waals surface area contributed by atoms with Crippen LogP contribution < -0.4 is 0 Å². The molecule has 0 rings (SSSR count). The van der Waals surface area contributed by atoms with Crippen LogP contribution in [0.25, 0.3) is 0 Å². The molecular formula is C41H81O10P. The van der Waals surface area contributed by atoms with Crippen molar-refractivity contribution in [1.82, 2.24) is 0 Å². The van der Waals surface area contributed by atoms with Crippen LogP contribution in [0.3, 0.4) is 0 Å². The molecule has 0 heterocycles. The van der Waals surface area contributed by atoms with E-state index in [2.05, 4.69) is 13.8 Å². The van der Waals surface area contributed by atoms with E-state index in [0.29, 0.717) is 12.8 Å². The molecule has 0 saturated heterocycles. The van der Waals surface area contributed by atoms with E-state index in [9.17, 15) is 29.3 Å². The molecule has 52 heavy (non-hydrogen) atoms. The van der Waals surface area contributed by atoms with Gasteiger partial charge in [-0.1, -0.05) is 187 Å². The van der Waals surface area contributed by atoms with Gasteiger partial charge in [-0.25, -0.2) is 4.57 Å². The van der Waals surface area contributed by atoms with Crippen molar-refractivity contribution in [2.75, 3.05) is 26.4 Å². The summed E-state index contributed by atoms with van der Waals surface area (Å²) in [6.07, 6.45) is 34.4. The Hall–Kier alpha value is -1.03. The van der Waals surface area contributed by atoms with Gasteiger partial charge in [0.15, 0.2) is 0 Å². The van der Waals surface area contributed by atoms with Gasteiger partial charge in [-0.3, -0.25) is 18.6 Å². The van der Waals surface area contributed by atoms with Crippen molar-refractivity contribution in [3.63, 3.8) is 0 Å². The first-order chi connectivity index (χ1) is 25.3. The zero-order valence-electron chi connectivity index (χ0n) is 33.6. The van der Waals surface area contributed by atoms with Crippen molar-refractivity contribution >= 4 is 19.8 Å². The Labute approximate surface area is 318 Å². The van der Waals surface area contributed by atoms with Crippen molar-refractivity contribution in [3.8, 4) is 0 Å². The van der Waals surface area contributed by atoms with E-state index in [-0.39, 0.29) is 12.8 Å². The van der Waals surface area contributed by atoms with Gasteiger partial charge in [-0.05, 0) is 12.8 Å². The molecule has 10 nitrogen and oxygen atoms in total. The van der Waals surface area contributed by atoms with E-state index in [1.54, 1.807) is 0 Å². The van der Waals surface area contributed by atoms with Gasteiger partial charge in [-0.2, -0.15) is 0 Å². The molecule has 3 unspecified atom stereocenters. The first kappa shape index (κ1) is 51.0. The Morgan fingerprint density at radius 2 is 0.673 bits per heavy atom. The highest BCUT2D eigenvalue weighted by Crippen LogP contribution is 2.43. The van der Waals surface area contributed by atoms with Gasteiger partial charge in [0.2, 0.25) is 0 Å². The number of rotatable bonds is 41. The highest BCUT2D eigenvalue weighted by Gasteiger charge is 2.27. The summed E-state index contributed by atoms with van der Waals surface area (Å²) in [5.74, 6) is -1.02. The minimum absolute atomic E-state index is 0.191. The Bertz CT molecular complexity index is 842. The number of hydrogen-bond donors (Lipinski definition) is 3. The number of aliphatic hydroxyl groups is 2. The van der Waals surface area contributed by atoms with Crippen LogP contribution in [0, 0.1) is 0 Å². The topological polar surface area (TPSA) is 149 Å². The largest absolute Gasteiger partial charge is 0.472 e. The quantitative estimate of drug-likeness (QED) is 0.0312. The SMILES string of the molecule is CCCCCCCCCCCCCCCCCCCCCCCCCCC(=O)OC(CO)COP(=O)(O)OCC(CO)OC(=O)CCCCCCC. The number of unbranched alkanes of at least 4 members (excludes halogenated alkanes) is 27. The molecule has 0 fully saturated rings. The second-order valence-corrected chi connectivity index (χ2v) is 16.1. The van der Waals surface area contributed by atoms with Crippen molar-refractivity contribution in [2.24, 2.45) is 0 Å². The number of phosphoric acid groups is 1. The number of carbonyl (C=O) groups is 2. The van der Waals surface area contributed by atoms with Crippen molar-refractivity contribution < 1.29 is 47.8 Å². The monoisotopic (exact) mass is 765 g/mol. The average Bonchev–Trinajstić information content (AvgIpc) is 3.13. The summed E-state index contributed by atoms with van der Waals surface area (Å²) in [6, 6.07) is 0. The smallest absolute Gasteiger partial charge is 0.457 e. The zero-order chi connectivity index (χ0) is 38.4. The first-order valence-corrected chi connectivity index (χ1v) is 23.0. The van der Waals surface area contributed by atoms with Crippen molar-refractivity contribution in [1.29, 1.82) is 0 Å². The van der Waals surface area contributed by atoms with Crippen molar-refractivity contribution in [3.05, 3.63) is 0 Å². The third-order valence-corrected chi connectivity index (χ3v) is 10.5. The second-order valence-electron chi connectivity index (χ2n) is 14.7. The Morgan fingerprint density at radius 1 is 0.442 bits per heavy atom. The molecule has 0 saturated carbocycles. The maximum atomic E-state index is 12.3. The van der Waals surface area contributed by atoms with E-state index in [1.165, 1.54) is 128 Å². The van der Waals surface area contributed by atoms with Crippen LogP contribution in [-0.4, -0.2) is 65.7 Å². The number of carbonyl (C=O) groups excluding carboxylic acids is 2. The van der Waals surface area contributed by atoms with E-state index in [0.717, 1.165) is 44.9 Å². The lowest BCUT2D eigenvalue weighted by molar-refractivity contribution is -0.153. The minimum atomic E-state index is -4.61. The highest BCUT2D eigenvalue weighted by molar-refractivity contribution is 7.47. The lowest BCUT2D eigenvalue weighted by Gasteiger charge is -2.20. The molecule has 0 aromatic carbocycles. The molecule has 310 valence electrons. The fourth-order valence-electron chi connectivity index (χ4n) is 6.23. The van der Waals surface area contributed by atoms with Crippen LogP contribution in [0.4, 0.5) is 0 Å². The Kier molecular flexibility index (Phi) is 37.5. The fraction of sp³-hybridized carbons (Fsp3) is 0.951. The van der Waals surface area contributed by atoms with Gasteiger partial charge in [-0.15, -0.1) is 0 Å². The van der Waals surface area contributed by atoms with Gasteiger partial charge < -0.3 is 24.6 Å². The number of hydrogen-bond acceptors (Lipinski definition) is 9. The second kappa shape index (κ2) is 38.3. The van der Waals surface area contributed by atoms with Gasteiger partial charge >= 0.3 is 19.8 Å². The predicted octanol–water partition coefficient (Wildman–Crippen LogP) is 11.1. The van der Waals surface area contributed by atoms with Crippen LogP contribution in [0.1, 0.15) is 213 Å². The maximum absolute atomic E-state index is 12.3. The number of ether oxygens (including phenoxy) is 2. The molecule has 0 spiro atoms. The third-order valence-electron chi connectivity index (χ3n) is 9.57. The lowest BCUT2D eigenvalue weighted by atomic mass is 10.0. The molecule has 0 aliphatic heterocycles. The lowest BCUT2D eigenvalue weighted by Crippen LogP contribution is -2.28. The van der Waals surface area contributed by atoms with Gasteiger partial charge in [0, 0.05) is 12.8 Å². The van der Waals surface area contributed by atoms with Crippen LogP contribution in [0.15, 0.2) is 0 Å². The van der Waals surface area contributed by atoms with Gasteiger partial charge in [0.05, 0.1) is 26.4 Å². The van der Waals surface area contributed by atoms with Gasteiger partial charge in [0.1, 0.15) is 12.2 Å². The fourth-order valence-corrected chi connectivity index (χ4v) is 7.02. The number of esters is 2. The molecule has 0 bridgehead atoms. The molecule has 0 radical (unpaired) electrons. The Balaban J connectivity index is 3.70. The maximum Gasteiger partial charge on any atom is 0.472 e. The normalized spacial score (nSPS) is 13.9. The van der Waals surface area contributed by atoms with E-state index < -0.39 is 58.4 Å². The molecule has 3 atom stereocenters. The molecule has 0 aliphatic carbocycles. The molecule has 0 aliphatic rings. The summed E-state index contributed by atoms with van der Waals surface area (Å²) in [6.45, 7) is 2.12. The third kappa shape index (κ3) is 36.0. The van der Waals surface area contributed by atoms with Crippen LogP contribution >= 0.6 is 7.82 Å². The summed E-state index contributed by atoms with van der Waals surface area (Å²) in [5, 5.41) is 19.0. The average molecular weight is 765 g/mol. The number of aliphatic hydroxyl groups excluding tert-OH is 2. The highest BCUT2D eigenvalue weighted by atomic mass is 31.2. The Morgan fingerprint density at radius 3 is 0.904 bits per heavy atom. The first-order valence-electron chi connectivity index (χ1n) is 21.5. The van der Waals surface area contributed by atoms with Crippen LogP contribution in [0.2, 0.25) is 0 Å². The molecular weight excluding hydrogens is 683 g/mol. The predicted molar refractivity (Wildman–Crippen MR) is 210 cm³/mol. The summed E-state index contributed by atoms with van der Waals surface area (Å²) in [5.41, 5.74) is 0. The summed E-state index contributed by atoms with van der Waals surface area (Å²) in [7, 11) is -4.61. The molecule has 11 heteroatoms. The summed E-state index contributed by atoms with van der Waals surface area (Å²) >= 11 is 0. The molecule has 3 N–H and O–H groups in total. The molecule has 0 amide bonds. The summed E-state index contributed by atoms with van der Waals surface area (Å²) in [4.78, 5) is 34.1. The van der Waals surface area contributed by atoms with Crippen LogP contribution in [0.5, 0.6) is 0 Å². The standard InChI is InChI=1S/C41H81O10P/c1-3-5-7-9-10-11-12-13-14-15-16-17-18-19-20-21-22-23-24-25-26-27-29-31-33-41(45)51-39(35-43)37-49-52(46,47)48-36-38(34-42)50-40(44)32-30-28-8-6-4-2/h38-39,42-43H,3-37H2,1-2H3,(H,46,47). The molecule has 0 aromatic heterocycles. The van der Waals surface area contributed by atoms with Gasteiger partial charge in [0.25, 0.3) is 0 Å². The summed E-state index contributed by atoms with van der Waals surface area (Å²) < 4.78 is 32.3. The van der Waals surface area contributed by atoms with E-state index in [1.807, 2.05) is 0 Å². The van der Waals surface area contributed by atoms with Crippen LogP contribution in [-0.2, 0) is 32.7 Å². The van der Waals surface area contributed by atoms with Crippen molar-refractivity contribution in [2.45, 2.75) is 225 Å².